The summed E-state index contributed by atoms with van der Waals surface area (Å²) in [5, 5.41) is 8.70. The SMILES string of the molecule is O=C(O)C1CCCC1NS(=O)(=O)C(F)F. The summed E-state index contributed by atoms with van der Waals surface area (Å²) in [7, 11) is -4.69. The Morgan fingerprint density at radius 3 is 2.47 bits per heavy atom. The summed E-state index contributed by atoms with van der Waals surface area (Å²) in [5.41, 5.74) is 0. The maximum atomic E-state index is 12.0. The second-order valence-corrected chi connectivity index (χ2v) is 5.09. The van der Waals surface area contributed by atoms with E-state index in [2.05, 4.69) is 0 Å². The van der Waals surface area contributed by atoms with Crippen LogP contribution < -0.4 is 4.72 Å². The minimum Gasteiger partial charge on any atom is -0.481 e. The van der Waals surface area contributed by atoms with Gasteiger partial charge in [0.2, 0.25) is 0 Å². The third kappa shape index (κ3) is 2.85. The molecule has 15 heavy (non-hydrogen) atoms. The van der Waals surface area contributed by atoms with Crippen molar-refractivity contribution in [2.75, 3.05) is 0 Å². The normalized spacial score (nSPS) is 27.1. The van der Waals surface area contributed by atoms with Gasteiger partial charge in [-0.3, -0.25) is 4.79 Å². The second kappa shape index (κ2) is 4.40. The number of nitrogens with one attached hydrogen (secondary N) is 1. The van der Waals surface area contributed by atoms with Gasteiger partial charge in [-0.25, -0.2) is 13.1 Å². The van der Waals surface area contributed by atoms with Gasteiger partial charge < -0.3 is 5.11 Å². The van der Waals surface area contributed by atoms with Crippen molar-refractivity contribution in [1.29, 1.82) is 0 Å². The number of hydrogen-bond acceptors (Lipinski definition) is 3. The first-order valence-electron chi connectivity index (χ1n) is 4.36. The van der Waals surface area contributed by atoms with E-state index in [1.54, 1.807) is 4.72 Å². The Bertz CT molecular complexity index is 343. The highest BCUT2D eigenvalue weighted by Gasteiger charge is 2.37. The Hall–Kier alpha value is -0.760. The number of halogens is 2. The van der Waals surface area contributed by atoms with Crippen LogP contribution in [-0.4, -0.2) is 31.3 Å². The number of alkyl halides is 2. The zero-order valence-electron chi connectivity index (χ0n) is 7.69. The Labute approximate surface area is 85.5 Å². The van der Waals surface area contributed by atoms with Crippen molar-refractivity contribution in [3.63, 3.8) is 0 Å². The molecule has 2 unspecified atom stereocenters. The Kier molecular flexibility index (Phi) is 3.61. The molecule has 0 heterocycles. The first-order valence-corrected chi connectivity index (χ1v) is 5.91. The monoisotopic (exact) mass is 243 g/mol. The molecular formula is C7H11F2NO4S. The van der Waals surface area contributed by atoms with Crippen LogP contribution in [0.5, 0.6) is 0 Å². The van der Waals surface area contributed by atoms with Crippen LogP contribution in [0, 0.1) is 5.92 Å². The summed E-state index contributed by atoms with van der Waals surface area (Å²) in [6.07, 6.45) is 1.11. The van der Waals surface area contributed by atoms with Crippen LogP contribution >= 0.6 is 0 Å². The Morgan fingerprint density at radius 1 is 1.40 bits per heavy atom. The lowest BCUT2D eigenvalue weighted by atomic mass is 10.1. The highest BCUT2D eigenvalue weighted by molar-refractivity contribution is 7.89. The van der Waals surface area contributed by atoms with E-state index in [1.165, 1.54) is 0 Å². The van der Waals surface area contributed by atoms with Gasteiger partial charge in [-0.05, 0) is 12.8 Å². The molecule has 1 aliphatic carbocycles. The van der Waals surface area contributed by atoms with Crippen LogP contribution in [0.4, 0.5) is 8.78 Å². The van der Waals surface area contributed by atoms with Crippen molar-refractivity contribution in [2.24, 2.45) is 5.92 Å². The molecule has 0 aromatic heterocycles. The first-order chi connectivity index (χ1) is 6.84. The van der Waals surface area contributed by atoms with Crippen molar-refractivity contribution in [1.82, 2.24) is 4.72 Å². The predicted molar refractivity (Wildman–Crippen MR) is 46.8 cm³/mol. The average Bonchev–Trinajstić information content (AvgIpc) is 2.51. The molecule has 0 spiro atoms. The average molecular weight is 243 g/mol. The molecular weight excluding hydrogens is 232 g/mol. The van der Waals surface area contributed by atoms with Crippen LogP contribution in [-0.2, 0) is 14.8 Å². The van der Waals surface area contributed by atoms with Gasteiger partial charge in [0, 0.05) is 6.04 Å². The van der Waals surface area contributed by atoms with E-state index in [-0.39, 0.29) is 6.42 Å². The molecule has 1 saturated carbocycles. The molecule has 0 amide bonds. The zero-order chi connectivity index (χ0) is 11.6. The van der Waals surface area contributed by atoms with Gasteiger partial charge in [-0.1, -0.05) is 6.42 Å². The molecule has 1 fully saturated rings. The number of carboxylic acid groups (broad SMARTS) is 1. The van der Waals surface area contributed by atoms with Crippen molar-refractivity contribution in [2.45, 2.75) is 31.1 Å². The van der Waals surface area contributed by atoms with Crippen molar-refractivity contribution < 1.29 is 27.1 Å². The molecule has 0 aromatic carbocycles. The van der Waals surface area contributed by atoms with E-state index in [0.717, 1.165) is 0 Å². The van der Waals surface area contributed by atoms with Crippen molar-refractivity contribution in [3.8, 4) is 0 Å². The van der Waals surface area contributed by atoms with E-state index < -0.39 is 33.7 Å². The maximum absolute atomic E-state index is 12.0. The highest BCUT2D eigenvalue weighted by Crippen LogP contribution is 2.26. The maximum Gasteiger partial charge on any atom is 0.350 e. The van der Waals surface area contributed by atoms with Crippen LogP contribution in [0.3, 0.4) is 0 Å². The van der Waals surface area contributed by atoms with E-state index in [1.807, 2.05) is 0 Å². The minimum atomic E-state index is -4.69. The van der Waals surface area contributed by atoms with Gasteiger partial charge >= 0.3 is 11.7 Å². The lowest BCUT2D eigenvalue weighted by Gasteiger charge is -2.16. The molecule has 88 valence electrons. The molecule has 1 rings (SSSR count). The van der Waals surface area contributed by atoms with Gasteiger partial charge in [0.05, 0.1) is 5.92 Å². The fourth-order valence-corrected chi connectivity index (χ4v) is 2.47. The zero-order valence-corrected chi connectivity index (χ0v) is 8.51. The molecule has 0 saturated heterocycles. The molecule has 1 aliphatic rings. The summed E-state index contributed by atoms with van der Waals surface area (Å²) in [6, 6.07) is -0.915. The lowest BCUT2D eigenvalue weighted by Crippen LogP contribution is -2.42. The number of rotatable bonds is 4. The molecule has 8 heteroatoms. The number of aliphatic carboxylic acids is 1. The Morgan fingerprint density at radius 2 is 2.00 bits per heavy atom. The van der Waals surface area contributed by atoms with E-state index in [4.69, 9.17) is 5.11 Å². The third-order valence-corrected chi connectivity index (χ3v) is 3.48. The molecule has 5 nitrogen and oxygen atoms in total. The molecule has 0 bridgehead atoms. The predicted octanol–water partition coefficient (Wildman–Crippen LogP) is 0.382. The summed E-state index contributed by atoms with van der Waals surface area (Å²) < 4.78 is 47.3. The fraction of sp³-hybridized carbons (Fsp3) is 0.857. The van der Waals surface area contributed by atoms with Gasteiger partial charge in [0.1, 0.15) is 0 Å². The van der Waals surface area contributed by atoms with Crippen LogP contribution in [0.25, 0.3) is 0 Å². The smallest absolute Gasteiger partial charge is 0.350 e. The Balaban J connectivity index is 2.70. The van der Waals surface area contributed by atoms with Gasteiger partial charge in [0.25, 0.3) is 10.0 Å². The van der Waals surface area contributed by atoms with Gasteiger partial charge in [-0.15, -0.1) is 0 Å². The fourth-order valence-electron chi connectivity index (χ4n) is 1.66. The summed E-state index contributed by atoms with van der Waals surface area (Å²) >= 11 is 0. The highest BCUT2D eigenvalue weighted by atomic mass is 32.2. The van der Waals surface area contributed by atoms with Crippen molar-refractivity contribution in [3.05, 3.63) is 0 Å². The molecule has 0 aliphatic heterocycles. The second-order valence-electron chi connectivity index (χ2n) is 3.41. The summed E-state index contributed by atoms with van der Waals surface area (Å²) in [6.45, 7) is 0. The van der Waals surface area contributed by atoms with E-state index >= 15 is 0 Å². The molecule has 0 radical (unpaired) electrons. The molecule has 2 N–H and O–H groups in total. The van der Waals surface area contributed by atoms with Crippen LogP contribution in [0.15, 0.2) is 0 Å². The largest absolute Gasteiger partial charge is 0.481 e. The molecule has 2 atom stereocenters. The van der Waals surface area contributed by atoms with Crippen LogP contribution in [0.2, 0.25) is 0 Å². The number of carbonyl (C=O) groups is 1. The third-order valence-electron chi connectivity index (χ3n) is 2.38. The van der Waals surface area contributed by atoms with Gasteiger partial charge in [0.15, 0.2) is 0 Å². The summed E-state index contributed by atoms with van der Waals surface area (Å²) in [4.78, 5) is 10.6. The quantitative estimate of drug-likeness (QED) is 0.747. The van der Waals surface area contributed by atoms with Crippen molar-refractivity contribution >= 4 is 16.0 Å². The van der Waals surface area contributed by atoms with Crippen LogP contribution in [0.1, 0.15) is 19.3 Å². The van der Waals surface area contributed by atoms with Gasteiger partial charge in [-0.2, -0.15) is 8.78 Å². The summed E-state index contributed by atoms with van der Waals surface area (Å²) in [5.74, 6) is -5.58. The topological polar surface area (TPSA) is 83.5 Å². The minimum absolute atomic E-state index is 0.281. The first kappa shape index (κ1) is 12.3. The van der Waals surface area contributed by atoms with E-state index in [0.29, 0.717) is 12.8 Å². The molecule has 0 aromatic rings. The van der Waals surface area contributed by atoms with E-state index in [9.17, 15) is 22.0 Å². The number of sulfonamides is 1. The standard InChI is InChI=1S/C7H11F2NO4S/c8-7(9)15(13,14)10-5-3-1-2-4(5)6(11)12/h4-5,7,10H,1-3H2,(H,11,12). The number of carboxylic acids is 1. The number of hydrogen-bond donors (Lipinski definition) is 2. The lowest BCUT2D eigenvalue weighted by molar-refractivity contribution is -0.142.